The lowest BCUT2D eigenvalue weighted by Crippen LogP contribution is -2.45. The molecule has 1 aromatic heterocycles. The number of ether oxygens (including phenoxy) is 2. The van der Waals surface area contributed by atoms with Gasteiger partial charge in [-0.05, 0) is 51.8 Å². The molecule has 1 fully saturated rings. The maximum Gasteiger partial charge on any atom is 0.427 e. The third kappa shape index (κ3) is 5.60. The van der Waals surface area contributed by atoms with Crippen molar-refractivity contribution in [2.45, 2.75) is 69.4 Å². The van der Waals surface area contributed by atoms with E-state index in [9.17, 15) is 31.2 Å². The molecule has 2 amide bonds. The van der Waals surface area contributed by atoms with Crippen molar-refractivity contribution in [3.63, 3.8) is 0 Å². The molecule has 214 valence electrons. The van der Waals surface area contributed by atoms with Gasteiger partial charge in [0, 0.05) is 24.8 Å². The summed E-state index contributed by atoms with van der Waals surface area (Å²) in [6.45, 7) is 3.26. The molecule has 1 saturated carbocycles. The smallest absolute Gasteiger partial charge is 0.427 e. The number of alkyl halides is 3. The van der Waals surface area contributed by atoms with Crippen LogP contribution < -0.4 is 20.1 Å². The Morgan fingerprint density at radius 2 is 1.97 bits per heavy atom. The zero-order valence-electron chi connectivity index (χ0n) is 21.2. The van der Waals surface area contributed by atoms with Gasteiger partial charge in [-0.2, -0.15) is 18.3 Å². The van der Waals surface area contributed by atoms with E-state index in [-0.39, 0.29) is 40.1 Å². The highest BCUT2D eigenvalue weighted by atomic mass is 35.5. The number of amides is 2. The summed E-state index contributed by atoms with van der Waals surface area (Å²) in [4.78, 5) is 23.9. The Balaban J connectivity index is 1.69. The van der Waals surface area contributed by atoms with Crippen molar-refractivity contribution in [1.29, 1.82) is 0 Å². The number of benzene rings is 1. The standard InChI is InChI=1S/C23H27ClF3N5O6S/c1-4-31-12-17(18(24)30-31)39(35,36)32-11-14(10-22(7-8-22)19(28)33)37-16-6-5-13(9-15(16)32)29-20(34)38-21(2,3)23(25,26)27/h5-6,9,12,14H,4,7-8,10-11H2,1-3H3,(H2,28,33)(H,29,34)/t14-/m0/s1. The van der Waals surface area contributed by atoms with Crippen molar-refractivity contribution in [3.05, 3.63) is 29.5 Å². The number of aryl methyl sites for hydroxylation is 1. The normalized spacial score (nSPS) is 18.6. The number of hydrogen-bond acceptors (Lipinski definition) is 7. The number of carbonyl (C=O) groups excluding carboxylic acids is 2. The lowest BCUT2D eigenvalue weighted by Gasteiger charge is -2.36. The average Bonchev–Trinajstić information content (AvgIpc) is 3.50. The van der Waals surface area contributed by atoms with Crippen molar-refractivity contribution < 1.29 is 40.7 Å². The summed E-state index contributed by atoms with van der Waals surface area (Å²) >= 11 is 6.15. The summed E-state index contributed by atoms with van der Waals surface area (Å²) in [6.07, 6.45) is -4.42. The fourth-order valence-corrected chi connectivity index (χ4v) is 6.08. The van der Waals surface area contributed by atoms with Crippen molar-refractivity contribution in [2.75, 3.05) is 16.2 Å². The average molecular weight is 594 g/mol. The van der Waals surface area contributed by atoms with Gasteiger partial charge in [-0.25, -0.2) is 13.2 Å². The minimum Gasteiger partial charge on any atom is -0.486 e. The first-order valence-corrected chi connectivity index (χ1v) is 13.7. The largest absolute Gasteiger partial charge is 0.486 e. The molecule has 1 aliphatic heterocycles. The molecule has 0 unspecified atom stereocenters. The van der Waals surface area contributed by atoms with Gasteiger partial charge in [-0.1, -0.05) is 11.6 Å². The molecule has 0 spiro atoms. The predicted molar refractivity (Wildman–Crippen MR) is 134 cm³/mol. The first-order chi connectivity index (χ1) is 18.0. The molecule has 4 rings (SSSR count). The van der Waals surface area contributed by atoms with E-state index >= 15 is 0 Å². The van der Waals surface area contributed by atoms with Gasteiger partial charge in [0.15, 0.2) is 5.15 Å². The van der Waals surface area contributed by atoms with Crippen LogP contribution in [0.25, 0.3) is 0 Å². The maximum atomic E-state index is 13.8. The Morgan fingerprint density at radius 1 is 1.31 bits per heavy atom. The Hall–Kier alpha value is -3.20. The number of fused-ring (bicyclic) bond motifs is 1. The fourth-order valence-electron chi connectivity index (χ4n) is 4.13. The first-order valence-electron chi connectivity index (χ1n) is 11.9. The van der Waals surface area contributed by atoms with Crippen molar-refractivity contribution in [1.82, 2.24) is 9.78 Å². The van der Waals surface area contributed by atoms with Crippen LogP contribution in [-0.2, 0) is 26.1 Å². The highest BCUT2D eigenvalue weighted by Crippen LogP contribution is 2.51. The van der Waals surface area contributed by atoms with Crippen LogP contribution in [0.4, 0.5) is 29.3 Å². The quantitative estimate of drug-likeness (QED) is 0.469. The molecule has 3 N–H and O–H groups in total. The van der Waals surface area contributed by atoms with Gasteiger partial charge in [-0.15, -0.1) is 0 Å². The molecule has 39 heavy (non-hydrogen) atoms. The molecule has 2 aliphatic rings. The van der Waals surface area contributed by atoms with Crippen molar-refractivity contribution in [2.24, 2.45) is 11.1 Å². The molecule has 1 aromatic carbocycles. The molecule has 0 saturated heterocycles. The third-order valence-corrected chi connectivity index (χ3v) is 8.91. The van der Waals surface area contributed by atoms with E-state index in [1.807, 2.05) is 0 Å². The van der Waals surface area contributed by atoms with Gasteiger partial charge in [-0.3, -0.25) is 19.1 Å². The van der Waals surface area contributed by atoms with Crippen molar-refractivity contribution in [3.8, 4) is 5.75 Å². The van der Waals surface area contributed by atoms with Gasteiger partial charge in [0.1, 0.15) is 16.7 Å². The second-order valence-electron chi connectivity index (χ2n) is 9.97. The fraction of sp³-hybridized carbons (Fsp3) is 0.522. The SMILES string of the molecule is CCn1cc(S(=O)(=O)N2C[C@H](CC3(C(N)=O)CC3)Oc3ccc(NC(=O)OC(C)(C)C(F)(F)F)cc32)c(Cl)n1. The summed E-state index contributed by atoms with van der Waals surface area (Å²) in [5.74, 6) is -0.401. The summed E-state index contributed by atoms with van der Waals surface area (Å²) in [6, 6.07) is 3.90. The highest BCUT2D eigenvalue weighted by Gasteiger charge is 2.52. The van der Waals surface area contributed by atoms with Gasteiger partial charge in [0.2, 0.25) is 11.5 Å². The van der Waals surface area contributed by atoms with E-state index in [1.165, 1.54) is 29.1 Å². The summed E-state index contributed by atoms with van der Waals surface area (Å²) in [7, 11) is -4.35. The van der Waals surface area contributed by atoms with Gasteiger partial charge < -0.3 is 15.2 Å². The van der Waals surface area contributed by atoms with Crippen molar-refractivity contribution >= 4 is 45.0 Å². The molecular weight excluding hydrogens is 567 g/mol. The number of anilines is 2. The molecule has 1 atom stereocenters. The van der Waals surface area contributed by atoms with Gasteiger partial charge in [0.05, 0.1) is 17.6 Å². The molecular formula is C23H27ClF3N5O6S. The second-order valence-corrected chi connectivity index (χ2v) is 12.2. The third-order valence-electron chi connectivity index (χ3n) is 6.74. The van der Waals surface area contributed by atoms with Crippen LogP contribution in [0.15, 0.2) is 29.3 Å². The van der Waals surface area contributed by atoms with E-state index < -0.39 is 45.3 Å². The number of carbonyl (C=O) groups is 2. The number of primary amides is 1. The van der Waals surface area contributed by atoms with E-state index in [4.69, 9.17) is 22.1 Å². The zero-order valence-corrected chi connectivity index (χ0v) is 22.8. The van der Waals surface area contributed by atoms with E-state index in [1.54, 1.807) is 6.92 Å². The molecule has 11 nitrogen and oxygen atoms in total. The second kappa shape index (κ2) is 9.77. The van der Waals surface area contributed by atoms with E-state index in [0.717, 1.165) is 4.31 Å². The summed E-state index contributed by atoms with van der Waals surface area (Å²) < 4.78 is 79.9. The number of sulfonamides is 1. The van der Waals surface area contributed by atoms with Crippen LogP contribution >= 0.6 is 11.6 Å². The number of nitrogens with two attached hydrogens (primary N) is 1. The van der Waals surface area contributed by atoms with Crippen LogP contribution in [0.5, 0.6) is 5.75 Å². The Labute approximate surface area is 227 Å². The van der Waals surface area contributed by atoms with E-state index in [2.05, 4.69) is 15.2 Å². The summed E-state index contributed by atoms with van der Waals surface area (Å²) in [5.41, 5.74) is 1.93. The van der Waals surface area contributed by atoms with Crippen LogP contribution in [0.2, 0.25) is 5.15 Å². The number of rotatable bonds is 8. The minimum absolute atomic E-state index is 0.0108. The lowest BCUT2D eigenvalue weighted by molar-refractivity contribution is -0.242. The molecule has 16 heteroatoms. The van der Waals surface area contributed by atoms with Crippen LogP contribution in [0.3, 0.4) is 0 Å². The van der Waals surface area contributed by atoms with Crippen LogP contribution in [-0.4, -0.2) is 54.6 Å². The van der Waals surface area contributed by atoms with Crippen LogP contribution in [0, 0.1) is 5.41 Å². The number of hydrogen-bond donors (Lipinski definition) is 2. The van der Waals surface area contributed by atoms with Gasteiger partial charge >= 0.3 is 12.3 Å². The zero-order chi connectivity index (χ0) is 29.0. The lowest BCUT2D eigenvalue weighted by atomic mass is 9.97. The highest BCUT2D eigenvalue weighted by molar-refractivity contribution is 7.93. The Morgan fingerprint density at radius 3 is 2.51 bits per heavy atom. The number of nitrogens with zero attached hydrogens (tertiary/aromatic N) is 3. The molecule has 2 aromatic rings. The predicted octanol–water partition coefficient (Wildman–Crippen LogP) is 4.06. The topological polar surface area (TPSA) is 146 Å². The Bertz CT molecular complexity index is 1410. The Kier molecular flexibility index (Phi) is 7.21. The number of nitrogens with one attached hydrogen (secondary N) is 1. The maximum absolute atomic E-state index is 13.8. The number of halogens is 4. The minimum atomic E-state index is -4.82. The molecule has 1 aliphatic carbocycles. The monoisotopic (exact) mass is 593 g/mol. The van der Waals surface area contributed by atoms with E-state index in [0.29, 0.717) is 33.2 Å². The summed E-state index contributed by atoms with van der Waals surface area (Å²) in [5, 5.41) is 5.92. The van der Waals surface area contributed by atoms with Gasteiger partial charge in [0.25, 0.3) is 10.0 Å². The molecule has 0 bridgehead atoms. The van der Waals surface area contributed by atoms with Crippen LogP contribution in [0.1, 0.15) is 40.0 Å². The number of aromatic nitrogens is 2. The first kappa shape index (κ1) is 28.8. The molecule has 0 radical (unpaired) electrons. The molecule has 2 heterocycles.